The maximum absolute atomic E-state index is 13.5. The maximum atomic E-state index is 13.5. The lowest BCUT2D eigenvalue weighted by Gasteiger charge is -2.40. The smallest absolute Gasteiger partial charge is 0.254 e. The normalized spacial score (nSPS) is 13.5. The van der Waals surface area contributed by atoms with E-state index < -0.39 is 17.5 Å². The van der Waals surface area contributed by atoms with Gasteiger partial charge in [0.1, 0.15) is 0 Å². The van der Waals surface area contributed by atoms with E-state index in [1.165, 1.54) is 11.0 Å². The molecule has 1 heterocycles. The Morgan fingerprint density at radius 1 is 0.844 bits per heavy atom. The van der Waals surface area contributed by atoms with Crippen LogP contribution in [-0.4, -0.2) is 41.2 Å². The van der Waals surface area contributed by atoms with Gasteiger partial charge in [0, 0.05) is 31.7 Å². The molecule has 1 aliphatic rings. The zero-order valence-electron chi connectivity index (χ0n) is 17.6. The summed E-state index contributed by atoms with van der Waals surface area (Å²) in [4.78, 5) is 29.1. The van der Waals surface area contributed by atoms with E-state index in [0.29, 0.717) is 13.1 Å². The molecule has 0 aliphatic carbocycles. The number of carbonyl (C=O) groups excluding carboxylic acids is 2. The van der Waals surface area contributed by atoms with Crippen molar-refractivity contribution in [1.82, 2.24) is 9.80 Å². The van der Waals surface area contributed by atoms with Crippen LogP contribution < -0.4 is 0 Å². The lowest BCUT2D eigenvalue weighted by Crippen LogP contribution is -2.56. The predicted molar refractivity (Wildman–Crippen MR) is 118 cm³/mol. The summed E-state index contributed by atoms with van der Waals surface area (Å²) < 4.78 is 26.6. The van der Waals surface area contributed by atoms with Crippen molar-refractivity contribution in [2.45, 2.75) is 13.0 Å². The van der Waals surface area contributed by atoms with Crippen LogP contribution >= 0.6 is 0 Å². The average Bonchev–Trinajstić information content (AvgIpc) is 2.78. The maximum Gasteiger partial charge on any atom is 0.254 e. The van der Waals surface area contributed by atoms with Crippen molar-refractivity contribution in [2.24, 2.45) is 5.92 Å². The van der Waals surface area contributed by atoms with Crippen LogP contribution in [0.3, 0.4) is 0 Å². The molecule has 4 nitrogen and oxygen atoms in total. The van der Waals surface area contributed by atoms with Crippen LogP contribution in [0.2, 0.25) is 0 Å². The first-order chi connectivity index (χ1) is 15.5. The van der Waals surface area contributed by atoms with Gasteiger partial charge in [-0.15, -0.1) is 0 Å². The summed E-state index contributed by atoms with van der Waals surface area (Å²) in [6.07, 6.45) is 0.740. The Bertz CT molecular complexity index is 1080. The molecule has 164 valence electrons. The van der Waals surface area contributed by atoms with Crippen molar-refractivity contribution in [3.63, 3.8) is 0 Å². The lowest BCUT2D eigenvalue weighted by molar-refractivity contribution is -0.140. The number of carbonyl (C=O) groups is 2. The molecule has 2 amide bonds. The zero-order chi connectivity index (χ0) is 22.5. The van der Waals surface area contributed by atoms with Crippen molar-refractivity contribution >= 4 is 11.8 Å². The van der Waals surface area contributed by atoms with Crippen LogP contribution in [0.15, 0.2) is 78.9 Å². The first kappa shape index (κ1) is 21.7. The largest absolute Gasteiger partial charge is 0.338 e. The minimum atomic E-state index is -1.06. The highest BCUT2D eigenvalue weighted by molar-refractivity contribution is 5.96. The Hall–Kier alpha value is -3.54. The minimum absolute atomic E-state index is 0.000814. The highest BCUT2D eigenvalue weighted by Crippen LogP contribution is 2.23. The third-order valence-electron chi connectivity index (χ3n) is 5.73. The quantitative estimate of drug-likeness (QED) is 0.556. The molecule has 0 bridgehead atoms. The van der Waals surface area contributed by atoms with Gasteiger partial charge in [0.05, 0.1) is 5.92 Å². The number of rotatable bonds is 7. The van der Waals surface area contributed by atoms with Crippen molar-refractivity contribution < 1.29 is 18.4 Å². The molecular weight excluding hydrogens is 410 g/mol. The average molecular weight is 434 g/mol. The molecule has 0 saturated carbocycles. The minimum Gasteiger partial charge on any atom is -0.338 e. The summed E-state index contributed by atoms with van der Waals surface area (Å²) in [6.45, 7) is 1.62. The second kappa shape index (κ2) is 9.73. The van der Waals surface area contributed by atoms with Crippen molar-refractivity contribution in [2.75, 3.05) is 19.6 Å². The van der Waals surface area contributed by atoms with Crippen LogP contribution in [0.5, 0.6) is 0 Å². The number of hydrogen-bond donors (Lipinski definition) is 0. The molecule has 0 unspecified atom stereocenters. The van der Waals surface area contributed by atoms with Gasteiger partial charge in [-0.3, -0.25) is 9.59 Å². The van der Waals surface area contributed by atoms with Crippen LogP contribution in [0, 0.1) is 17.6 Å². The van der Waals surface area contributed by atoms with Crippen LogP contribution in [-0.2, 0) is 17.8 Å². The van der Waals surface area contributed by atoms with E-state index in [0.717, 1.165) is 29.7 Å². The van der Waals surface area contributed by atoms with E-state index in [-0.39, 0.29) is 30.5 Å². The molecule has 6 heteroatoms. The Kier molecular flexibility index (Phi) is 6.59. The molecule has 1 saturated heterocycles. The molecule has 32 heavy (non-hydrogen) atoms. The Morgan fingerprint density at radius 2 is 1.47 bits per heavy atom. The van der Waals surface area contributed by atoms with E-state index >= 15 is 0 Å². The molecule has 0 N–H and O–H groups in total. The third kappa shape index (κ3) is 5.02. The molecule has 1 aliphatic heterocycles. The molecule has 1 fully saturated rings. The first-order valence-corrected chi connectivity index (χ1v) is 10.6. The van der Waals surface area contributed by atoms with Crippen LogP contribution in [0.1, 0.15) is 21.5 Å². The number of amides is 2. The number of hydrogen-bond acceptors (Lipinski definition) is 2. The molecule has 0 spiro atoms. The predicted octanol–water partition coefficient (Wildman–Crippen LogP) is 4.31. The van der Waals surface area contributed by atoms with Gasteiger partial charge in [-0.25, -0.2) is 8.78 Å². The van der Waals surface area contributed by atoms with E-state index in [9.17, 15) is 18.4 Å². The number of nitrogens with zero attached hydrogens (tertiary/aromatic N) is 2. The fourth-order valence-electron chi connectivity index (χ4n) is 3.85. The second-order valence-corrected chi connectivity index (χ2v) is 8.02. The fourth-order valence-corrected chi connectivity index (χ4v) is 3.85. The lowest BCUT2D eigenvalue weighted by atomic mass is 9.96. The van der Waals surface area contributed by atoms with Crippen molar-refractivity contribution in [3.8, 4) is 0 Å². The summed E-state index contributed by atoms with van der Waals surface area (Å²) in [7, 11) is 0. The summed E-state index contributed by atoms with van der Waals surface area (Å²) in [6, 6.07) is 22.9. The number of benzene rings is 3. The van der Waals surface area contributed by atoms with Crippen LogP contribution in [0.4, 0.5) is 8.78 Å². The fraction of sp³-hybridized carbons (Fsp3) is 0.231. The van der Waals surface area contributed by atoms with Crippen molar-refractivity contribution in [1.29, 1.82) is 0 Å². The number of halogens is 2. The molecular formula is C26H24F2N2O2. The molecule has 3 aromatic rings. The highest BCUT2D eigenvalue weighted by atomic mass is 19.2. The summed E-state index contributed by atoms with van der Waals surface area (Å²) >= 11 is 0. The third-order valence-corrected chi connectivity index (χ3v) is 5.73. The topological polar surface area (TPSA) is 40.6 Å². The van der Waals surface area contributed by atoms with Crippen LogP contribution in [0.25, 0.3) is 0 Å². The van der Waals surface area contributed by atoms with Gasteiger partial charge >= 0.3 is 0 Å². The molecule has 4 rings (SSSR count). The summed E-state index contributed by atoms with van der Waals surface area (Å²) in [5.41, 5.74) is 2.28. The highest BCUT2D eigenvalue weighted by Gasteiger charge is 2.38. The molecule has 0 atom stereocenters. The van der Waals surface area contributed by atoms with E-state index in [1.54, 1.807) is 0 Å². The Balaban J connectivity index is 1.40. The van der Waals surface area contributed by atoms with Crippen molar-refractivity contribution in [3.05, 3.63) is 107 Å². The van der Waals surface area contributed by atoms with Gasteiger partial charge in [0.2, 0.25) is 5.91 Å². The van der Waals surface area contributed by atoms with Gasteiger partial charge in [-0.1, -0.05) is 60.7 Å². The molecule has 0 radical (unpaired) electrons. The first-order valence-electron chi connectivity index (χ1n) is 10.6. The van der Waals surface area contributed by atoms with Gasteiger partial charge < -0.3 is 9.80 Å². The Morgan fingerprint density at radius 3 is 2.09 bits per heavy atom. The van der Waals surface area contributed by atoms with E-state index in [4.69, 9.17) is 0 Å². The van der Waals surface area contributed by atoms with Gasteiger partial charge in [-0.2, -0.15) is 0 Å². The SMILES string of the molecule is O=C(c1ccc(F)c(F)c1)N1CC(C(=O)N(CCc2ccccc2)Cc2ccccc2)C1. The van der Waals surface area contributed by atoms with Gasteiger partial charge in [-0.05, 0) is 35.7 Å². The van der Waals surface area contributed by atoms with E-state index in [2.05, 4.69) is 0 Å². The van der Waals surface area contributed by atoms with Gasteiger partial charge in [0.15, 0.2) is 11.6 Å². The zero-order valence-corrected chi connectivity index (χ0v) is 17.6. The second-order valence-electron chi connectivity index (χ2n) is 8.02. The monoisotopic (exact) mass is 434 g/mol. The molecule has 3 aromatic carbocycles. The summed E-state index contributed by atoms with van der Waals surface area (Å²) in [5.74, 6) is -2.75. The number of likely N-dealkylation sites (tertiary alicyclic amines) is 1. The standard InChI is InChI=1S/C26H24F2N2O2/c27-23-12-11-21(15-24(23)28)25(31)30-17-22(18-30)26(32)29(16-20-9-5-2-6-10-20)14-13-19-7-3-1-4-8-19/h1-12,15,22H,13-14,16-18H2. The van der Waals surface area contributed by atoms with E-state index in [1.807, 2.05) is 65.6 Å². The Labute approximate surface area is 186 Å². The van der Waals surface area contributed by atoms with Gasteiger partial charge in [0.25, 0.3) is 5.91 Å². The summed E-state index contributed by atoms with van der Waals surface area (Å²) in [5, 5.41) is 0. The molecule has 0 aromatic heterocycles.